The zero-order valence-electron chi connectivity index (χ0n) is 21.7. The predicted molar refractivity (Wildman–Crippen MR) is 134 cm³/mol. The molecule has 3 fully saturated rings. The lowest BCUT2D eigenvalue weighted by Crippen LogP contribution is -2.53. The van der Waals surface area contributed by atoms with E-state index in [1.807, 2.05) is 0 Å². The van der Waals surface area contributed by atoms with Crippen LogP contribution in [0.4, 0.5) is 0 Å². The number of rotatable bonds is 8. The maximum atomic E-state index is 10.4. The summed E-state index contributed by atoms with van der Waals surface area (Å²) in [4.78, 5) is 0. The summed E-state index contributed by atoms with van der Waals surface area (Å²) in [5.74, 6) is 5.00. The molecule has 2 nitrogen and oxygen atoms in total. The second-order valence-electron chi connectivity index (χ2n) is 13.2. The Morgan fingerprint density at radius 1 is 1.03 bits per heavy atom. The van der Waals surface area contributed by atoms with Gasteiger partial charge in [0.25, 0.3) is 0 Å². The Morgan fingerprint density at radius 2 is 1.81 bits per heavy atom. The second-order valence-corrected chi connectivity index (χ2v) is 13.2. The molecular weight excluding hydrogens is 392 g/mol. The van der Waals surface area contributed by atoms with Crippen LogP contribution in [0.5, 0.6) is 0 Å². The van der Waals surface area contributed by atoms with E-state index in [-0.39, 0.29) is 6.61 Å². The van der Waals surface area contributed by atoms with E-state index in [1.54, 1.807) is 5.57 Å². The van der Waals surface area contributed by atoms with E-state index in [0.717, 1.165) is 29.6 Å². The van der Waals surface area contributed by atoms with Gasteiger partial charge in [-0.25, -0.2) is 0 Å². The Morgan fingerprint density at radius 3 is 2.53 bits per heavy atom. The molecule has 4 rings (SSSR count). The predicted octanol–water partition coefficient (Wildman–Crippen LogP) is 7.20. The van der Waals surface area contributed by atoms with Crippen LogP contribution in [0.15, 0.2) is 11.6 Å². The monoisotopic (exact) mass is 443 g/mol. The zero-order valence-corrected chi connectivity index (χ0v) is 21.7. The molecule has 2 N–H and O–H groups in total. The first kappa shape index (κ1) is 24.8. The molecule has 0 bridgehead atoms. The van der Waals surface area contributed by atoms with Crippen molar-refractivity contribution in [3.05, 3.63) is 18.1 Å². The van der Waals surface area contributed by atoms with E-state index in [0.29, 0.717) is 22.7 Å². The topological polar surface area (TPSA) is 40.5 Å². The fourth-order valence-corrected chi connectivity index (χ4v) is 9.30. The molecule has 0 aromatic rings. The van der Waals surface area contributed by atoms with E-state index in [2.05, 4.69) is 47.1 Å². The van der Waals surface area contributed by atoms with Crippen molar-refractivity contribution in [1.29, 1.82) is 0 Å². The van der Waals surface area contributed by atoms with Gasteiger partial charge in [0, 0.05) is 0 Å². The smallest absolute Gasteiger partial charge is 0.0808 e. The zero-order chi connectivity index (χ0) is 23.1. The average Bonchev–Trinajstić information content (AvgIpc) is 3.10. The van der Waals surface area contributed by atoms with Gasteiger partial charge >= 0.3 is 0 Å². The number of hydrogen-bond acceptors (Lipinski definition) is 2. The number of hydrogen-bond donors (Lipinski definition) is 2. The molecule has 0 amide bonds. The third-order valence-electron chi connectivity index (χ3n) is 10.9. The highest BCUT2D eigenvalue weighted by molar-refractivity contribution is 5.28. The van der Waals surface area contributed by atoms with Crippen molar-refractivity contribution in [2.45, 2.75) is 111 Å². The number of aliphatic hydroxyl groups is 2. The minimum absolute atomic E-state index is 0.147. The van der Waals surface area contributed by atoms with Gasteiger partial charge < -0.3 is 10.2 Å². The summed E-state index contributed by atoms with van der Waals surface area (Å²) >= 11 is 0. The Kier molecular flexibility index (Phi) is 7.53. The lowest BCUT2D eigenvalue weighted by atomic mass is 9.44. The van der Waals surface area contributed by atoms with Gasteiger partial charge in [-0.1, -0.05) is 72.0 Å². The van der Waals surface area contributed by atoms with Crippen LogP contribution in [-0.4, -0.2) is 22.9 Å². The largest absolute Gasteiger partial charge is 0.394 e. The van der Waals surface area contributed by atoms with Crippen LogP contribution < -0.4 is 0 Å². The van der Waals surface area contributed by atoms with Gasteiger partial charge in [-0.3, -0.25) is 0 Å². The van der Waals surface area contributed by atoms with Crippen LogP contribution >= 0.6 is 0 Å². The lowest BCUT2D eigenvalue weighted by molar-refractivity contribution is -0.0680. The average molecular weight is 444 g/mol. The molecule has 9 atom stereocenters. The van der Waals surface area contributed by atoms with Crippen molar-refractivity contribution in [3.8, 4) is 0 Å². The second kappa shape index (κ2) is 9.73. The molecule has 0 spiro atoms. The minimum Gasteiger partial charge on any atom is -0.394 e. The van der Waals surface area contributed by atoms with E-state index in [1.165, 1.54) is 70.6 Å². The Bertz CT molecular complexity index is 668. The van der Waals surface area contributed by atoms with Crippen LogP contribution in [0.1, 0.15) is 105 Å². The summed E-state index contributed by atoms with van der Waals surface area (Å²) in [6, 6.07) is 0. The molecular formula is C30H51O2. The highest BCUT2D eigenvalue weighted by atomic mass is 16.3. The van der Waals surface area contributed by atoms with Crippen molar-refractivity contribution in [3.63, 3.8) is 0 Å². The normalized spacial score (nSPS) is 43.2. The summed E-state index contributed by atoms with van der Waals surface area (Å²) in [7, 11) is 0. The molecule has 1 radical (unpaired) electrons. The molecule has 0 aromatic heterocycles. The molecule has 0 heterocycles. The van der Waals surface area contributed by atoms with Crippen molar-refractivity contribution < 1.29 is 10.2 Å². The van der Waals surface area contributed by atoms with Gasteiger partial charge in [-0.2, -0.15) is 0 Å². The molecule has 5 unspecified atom stereocenters. The summed E-state index contributed by atoms with van der Waals surface area (Å²) in [5, 5.41) is 20.0. The van der Waals surface area contributed by atoms with Gasteiger partial charge in [0.05, 0.1) is 12.7 Å². The first-order valence-electron chi connectivity index (χ1n) is 14.1. The SMILES string of the molecule is CC(C)CCC[C@@H](C)[C@H]1CCC2C3C([CH]C(O)CO)C=C4CCCC[C@]4(C)C3CC[C@@]21C. The third kappa shape index (κ3) is 4.37. The summed E-state index contributed by atoms with van der Waals surface area (Å²) < 4.78 is 0. The first-order chi connectivity index (χ1) is 15.2. The first-order valence-corrected chi connectivity index (χ1v) is 14.1. The van der Waals surface area contributed by atoms with E-state index in [9.17, 15) is 10.2 Å². The molecule has 0 saturated heterocycles. The van der Waals surface area contributed by atoms with Crippen LogP contribution in [0, 0.1) is 58.7 Å². The highest BCUT2D eigenvalue weighted by Crippen LogP contribution is 2.68. The Hall–Kier alpha value is -0.340. The molecule has 0 aromatic carbocycles. The van der Waals surface area contributed by atoms with Gasteiger partial charge in [0.2, 0.25) is 0 Å². The number of allylic oxidation sites excluding steroid dienone is 2. The highest BCUT2D eigenvalue weighted by Gasteiger charge is 2.60. The van der Waals surface area contributed by atoms with Crippen molar-refractivity contribution in [2.24, 2.45) is 52.3 Å². The summed E-state index contributed by atoms with van der Waals surface area (Å²) in [6.45, 7) is 12.3. The van der Waals surface area contributed by atoms with E-state index >= 15 is 0 Å². The number of aliphatic hydroxyl groups excluding tert-OH is 2. The van der Waals surface area contributed by atoms with Crippen molar-refractivity contribution in [2.75, 3.05) is 6.61 Å². The fraction of sp³-hybridized carbons (Fsp3) is 0.900. The molecule has 4 aliphatic rings. The molecule has 3 saturated carbocycles. The van der Waals surface area contributed by atoms with Crippen molar-refractivity contribution >= 4 is 0 Å². The van der Waals surface area contributed by atoms with Crippen LogP contribution in [0.25, 0.3) is 0 Å². The van der Waals surface area contributed by atoms with Crippen LogP contribution in [0.3, 0.4) is 0 Å². The van der Waals surface area contributed by atoms with Crippen LogP contribution in [-0.2, 0) is 0 Å². The van der Waals surface area contributed by atoms with Crippen LogP contribution in [0.2, 0.25) is 0 Å². The Labute approximate surface area is 198 Å². The standard InChI is InChI=1S/C30H51O2/c1-20(2)9-8-10-21(3)25-12-13-26-28-22(18-24(32)19-31)17-23-11-6-7-15-29(23,4)27(28)14-16-30(25,26)5/h17-18,20-22,24-28,31-32H,6-16,19H2,1-5H3/t21-,22?,24?,25-,26?,27?,28?,29+,30-/m1/s1. The molecule has 183 valence electrons. The van der Waals surface area contributed by atoms with E-state index in [4.69, 9.17) is 0 Å². The summed E-state index contributed by atoms with van der Waals surface area (Å²) in [5.41, 5.74) is 2.50. The lowest BCUT2D eigenvalue weighted by Gasteiger charge is -2.60. The maximum absolute atomic E-state index is 10.4. The summed E-state index contributed by atoms with van der Waals surface area (Å²) in [6.07, 6.45) is 19.0. The van der Waals surface area contributed by atoms with Crippen molar-refractivity contribution in [1.82, 2.24) is 0 Å². The van der Waals surface area contributed by atoms with Gasteiger partial charge in [0.15, 0.2) is 0 Å². The Balaban J connectivity index is 1.59. The van der Waals surface area contributed by atoms with Gasteiger partial charge in [-0.15, -0.1) is 0 Å². The molecule has 32 heavy (non-hydrogen) atoms. The number of fused-ring (bicyclic) bond motifs is 5. The third-order valence-corrected chi connectivity index (χ3v) is 10.9. The quantitative estimate of drug-likeness (QED) is 0.389. The van der Waals surface area contributed by atoms with Gasteiger partial charge in [-0.05, 0) is 104 Å². The molecule has 4 aliphatic carbocycles. The van der Waals surface area contributed by atoms with E-state index < -0.39 is 6.10 Å². The van der Waals surface area contributed by atoms with Gasteiger partial charge in [0.1, 0.15) is 0 Å². The fourth-order valence-electron chi connectivity index (χ4n) is 9.30. The molecule has 0 aliphatic heterocycles. The molecule has 2 heteroatoms. The maximum Gasteiger partial charge on any atom is 0.0808 e. The minimum atomic E-state index is -0.689.